The normalized spacial score (nSPS) is 10.3. The number of nitrogens with two attached hydrogens (primary N) is 1. The van der Waals surface area contributed by atoms with Crippen LogP contribution in [0.4, 0.5) is 0 Å². The molecule has 1 amide bonds. The molecule has 94 valence electrons. The molecule has 1 aromatic heterocycles. The van der Waals surface area contributed by atoms with Crippen molar-refractivity contribution in [3.05, 3.63) is 56.2 Å². The van der Waals surface area contributed by atoms with Crippen molar-refractivity contribution in [1.29, 1.82) is 0 Å². The Bertz CT molecular complexity index is 536. The minimum absolute atomic E-state index is 0.0476. The average molecular weight is 325 g/mol. The van der Waals surface area contributed by atoms with Crippen LogP contribution in [0.1, 0.15) is 20.8 Å². The van der Waals surface area contributed by atoms with Crippen LogP contribution in [-0.4, -0.2) is 5.91 Å². The number of hydrogen-bond donors (Lipinski definition) is 2. The molecular formula is C13H13BrN2OS. The Hall–Kier alpha value is -1.17. The Morgan fingerprint density at radius 1 is 1.17 bits per heavy atom. The number of carbonyl (C=O) groups is 1. The van der Waals surface area contributed by atoms with Crippen LogP contribution in [0.5, 0.6) is 0 Å². The van der Waals surface area contributed by atoms with E-state index in [9.17, 15) is 4.79 Å². The lowest BCUT2D eigenvalue weighted by molar-refractivity contribution is 0.0955. The molecule has 3 N–H and O–H groups in total. The molecule has 1 aromatic carbocycles. The van der Waals surface area contributed by atoms with Crippen LogP contribution in [0.3, 0.4) is 0 Å². The molecule has 0 fully saturated rings. The van der Waals surface area contributed by atoms with E-state index in [2.05, 4.69) is 21.2 Å². The van der Waals surface area contributed by atoms with Crippen LogP contribution >= 0.6 is 27.3 Å². The molecule has 0 atom stereocenters. The topological polar surface area (TPSA) is 55.1 Å². The summed E-state index contributed by atoms with van der Waals surface area (Å²) >= 11 is 4.76. The maximum atomic E-state index is 11.8. The van der Waals surface area contributed by atoms with E-state index in [1.165, 1.54) is 11.3 Å². The summed E-state index contributed by atoms with van der Waals surface area (Å²) in [5.74, 6) is -0.0476. The van der Waals surface area contributed by atoms with Gasteiger partial charge in [-0.05, 0) is 39.2 Å². The number of thiophene rings is 1. The van der Waals surface area contributed by atoms with Crippen molar-refractivity contribution in [1.82, 2.24) is 5.32 Å². The Kier molecular flexibility index (Phi) is 4.52. The maximum Gasteiger partial charge on any atom is 0.261 e. The Labute approximate surface area is 118 Å². The first-order valence-corrected chi connectivity index (χ1v) is 7.11. The van der Waals surface area contributed by atoms with Crippen LogP contribution in [0.15, 0.2) is 40.2 Å². The highest BCUT2D eigenvalue weighted by Gasteiger charge is 2.07. The van der Waals surface area contributed by atoms with Gasteiger partial charge in [0, 0.05) is 13.1 Å². The number of carbonyl (C=O) groups excluding carboxylic acids is 1. The van der Waals surface area contributed by atoms with E-state index in [-0.39, 0.29) is 5.91 Å². The highest BCUT2D eigenvalue weighted by molar-refractivity contribution is 9.11. The summed E-state index contributed by atoms with van der Waals surface area (Å²) in [7, 11) is 0. The fraction of sp³-hybridized carbons (Fsp3) is 0.154. The van der Waals surface area contributed by atoms with Gasteiger partial charge in [0.1, 0.15) is 0 Å². The summed E-state index contributed by atoms with van der Waals surface area (Å²) in [6.45, 7) is 1.06. The van der Waals surface area contributed by atoms with E-state index >= 15 is 0 Å². The van der Waals surface area contributed by atoms with Crippen molar-refractivity contribution in [2.45, 2.75) is 13.1 Å². The molecule has 18 heavy (non-hydrogen) atoms. The van der Waals surface area contributed by atoms with Gasteiger partial charge in [0.15, 0.2) is 0 Å². The standard InChI is InChI=1S/C13H13BrN2OS/c14-12-6-5-11(18-12)13(17)16-8-10-3-1-9(7-15)2-4-10/h1-6H,7-8,15H2,(H,16,17). The lowest BCUT2D eigenvalue weighted by Gasteiger charge is -2.04. The van der Waals surface area contributed by atoms with Crippen LogP contribution in [-0.2, 0) is 13.1 Å². The van der Waals surface area contributed by atoms with Gasteiger partial charge in [-0.25, -0.2) is 0 Å². The number of benzene rings is 1. The van der Waals surface area contributed by atoms with Gasteiger partial charge in [-0.2, -0.15) is 0 Å². The highest BCUT2D eigenvalue weighted by Crippen LogP contribution is 2.21. The van der Waals surface area contributed by atoms with E-state index < -0.39 is 0 Å². The van der Waals surface area contributed by atoms with Crippen LogP contribution in [0, 0.1) is 0 Å². The molecule has 0 spiro atoms. The molecule has 0 unspecified atom stereocenters. The maximum absolute atomic E-state index is 11.8. The minimum atomic E-state index is -0.0476. The summed E-state index contributed by atoms with van der Waals surface area (Å²) in [4.78, 5) is 12.5. The SMILES string of the molecule is NCc1ccc(CNC(=O)c2ccc(Br)s2)cc1. The zero-order valence-electron chi connectivity index (χ0n) is 9.65. The van der Waals surface area contributed by atoms with Crippen molar-refractivity contribution in [3.8, 4) is 0 Å². The van der Waals surface area contributed by atoms with Crippen molar-refractivity contribution >= 4 is 33.2 Å². The lowest BCUT2D eigenvalue weighted by Crippen LogP contribution is -2.21. The largest absolute Gasteiger partial charge is 0.347 e. The van der Waals surface area contributed by atoms with Gasteiger partial charge in [0.05, 0.1) is 8.66 Å². The molecule has 0 aliphatic heterocycles. The first-order chi connectivity index (χ1) is 8.69. The predicted octanol–water partition coefficient (Wildman–Crippen LogP) is 2.90. The van der Waals surface area contributed by atoms with E-state index in [1.54, 1.807) is 0 Å². The summed E-state index contributed by atoms with van der Waals surface area (Å²) in [6.07, 6.45) is 0. The molecule has 3 nitrogen and oxygen atoms in total. The second kappa shape index (κ2) is 6.13. The summed E-state index contributed by atoms with van der Waals surface area (Å²) in [5.41, 5.74) is 7.68. The zero-order chi connectivity index (χ0) is 13.0. The number of amides is 1. The third-order valence-corrected chi connectivity index (χ3v) is 4.13. The molecule has 0 radical (unpaired) electrons. The second-order valence-corrected chi connectivity index (χ2v) is 6.27. The third kappa shape index (κ3) is 3.41. The Morgan fingerprint density at radius 3 is 2.39 bits per heavy atom. The van der Waals surface area contributed by atoms with Gasteiger partial charge in [-0.15, -0.1) is 11.3 Å². The van der Waals surface area contributed by atoms with Crippen molar-refractivity contribution in [2.24, 2.45) is 5.73 Å². The smallest absolute Gasteiger partial charge is 0.261 e. The molecule has 0 aliphatic carbocycles. The lowest BCUT2D eigenvalue weighted by atomic mass is 10.1. The van der Waals surface area contributed by atoms with Crippen LogP contribution in [0.25, 0.3) is 0 Å². The first-order valence-electron chi connectivity index (χ1n) is 5.50. The Morgan fingerprint density at radius 2 is 1.83 bits per heavy atom. The predicted molar refractivity (Wildman–Crippen MR) is 77.5 cm³/mol. The highest BCUT2D eigenvalue weighted by atomic mass is 79.9. The first kappa shape index (κ1) is 13.3. The van der Waals surface area contributed by atoms with Gasteiger partial charge in [-0.3, -0.25) is 4.79 Å². The van der Waals surface area contributed by atoms with Crippen molar-refractivity contribution in [3.63, 3.8) is 0 Å². The molecule has 0 saturated carbocycles. The molecular weight excluding hydrogens is 312 g/mol. The third-order valence-electron chi connectivity index (χ3n) is 2.51. The van der Waals surface area contributed by atoms with E-state index in [4.69, 9.17) is 5.73 Å². The summed E-state index contributed by atoms with van der Waals surface area (Å²) in [6, 6.07) is 11.6. The van der Waals surface area contributed by atoms with E-state index in [0.29, 0.717) is 18.0 Å². The number of hydrogen-bond acceptors (Lipinski definition) is 3. The Balaban J connectivity index is 1.92. The second-order valence-electron chi connectivity index (χ2n) is 3.81. The van der Waals surface area contributed by atoms with Gasteiger partial charge < -0.3 is 11.1 Å². The molecule has 1 heterocycles. The van der Waals surface area contributed by atoms with Crippen LogP contribution < -0.4 is 11.1 Å². The zero-order valence-corrected chi connectivity index (χ0v) is 12.1. The minimum Gasteiger partial charge on any atom is -0.347 e. The monoisotopic (exact) mass is 324 g/mol. The molecule has 0 aliphatic rings. The molecule has 0 bridgehead atoms. The summed E-state index contributed by atoms with van der Waals surface area (Å²) in [5, 5.41) is 2.89. The van der Waals surface area contributed by atoms with Gasteiger partial charge >= 0.3 is 0 Å². The fourth-order valence-electron chi connectivity index (χ4n) is 1.50. The molecule has 5 heteroatoms. The number of rotatable bonds is 4. The van der Waals surface area contributed by atoms with E-state index in [0.717, 1.165) is 14.9 Å². The molecule has 2 rings (SSSR count). The van der Waals surface area contributed by atoms with Crippen molar-refractivity contribution < 1.29 is 4.79 Å². The molecule has 2 aromatic rings. The average Bonchev–Trinajstić information content (AvgIpc) is 2.83. The molecule has 0 saturated heterocycles. The van der Waals surface area contributed by atoms with Gasteiger partial charge in [0.25, 0.3) is 5.91 Å². The van der Waals surface area contributed by atoms with Crippen molar-refractivity contribution in [2.75, 3.05) is 0 Å². The van der Waals surface area contributed by atoms with E-state index in [1.807, 2.05) is 36.4 Å². The number of halogens is 1. The fourth-order valence-corrected chi connectivity index (χ4v) is 2.80. The van der Waals surface area contributed by atoms with Crippen LogP contribution in [0.2, 0.25) is 0 Å². The number of nitrogens with one attached hydrogen (secondary N) is 1. The van der Waals surface area contributed by atoms with Gasteiger partial charge in [0.2, 0.25) is 0 Å². The van der Waals surface area contributed by atoms with Gasteiger partial charge in [-0.1, -0.05) is 24.3 Å². The summed E-state index contributed by atoms with van der Waals surface area (Å²) < 4.78 is 0.958. The quantitative estimate of drug-likeness (QED) is 0.908.